The fourth-order valence-corrected chi connectivity index (χ4v) is 3.73. The smallest absolute Gasteiger partial charge is 0.289 e. The van der Waals surface area contributed by atoms with E-state index in [1.165, 1.54) is 23.6 Å². The van der Waals surface area contributed by atoms with Gasteiger partial charge in [-0.3, -0.25) is 9.78 Å². The number of ketones is 1. The number of para-hydroxylation sites is 1. The van der Waals surface area contributed by atoms with Gasteiger partial charge in [-0.1, -0.05) is 42.5 Å². The van der Waals surface area contributed by atoms with Crippen LogP contribution in [-0.4, -0.2) is 10.8 Å². The van der Waals surface area contributed by atoms with Crippen LogP contribution in [0.2, 0.25) is 0 Å². The maximum Gasteiger partial charge on any atom is 0.418 e. The lowest BCUT2D eigenvalue weighted by Crippen LogP contribution is -2.09. The van der Waals surface area contributed by atoms with E-state index in [9.17, 15) is 18.0 Å². The summed E-state index contributed by atoms with van der Waals surface area (Å²) in [5.74, 6) is -0.274. The summed E-state index contributed by atoms with van der Waals surface area (Å²) in [5, 5.41) is 3.95. The Morgan fingerprint density at radius 2 is 1.74 bits per heavy atom. The third-order valence-electron chi connectivity index (χ3n) is 4.29. The number of benzene rings is 2. The number of nitrogens with zero attached hydrogens (tertiary/aromatic N) is 1. The molecule has 27 heavy (non-hydrogen) atoms. The highest BCUT2D eigenvalue weighted by molar-refractivity contribution is 7.08. The van der Waals surface area contributed by atoms with Crippen LogP contribution in [0.25, 0.3) is 22.0 Å². The molecule has 2 aromatic heterocycles. The number of carbonyl (C=O) groups excluding carboxylic acids is 1. The van der Waals surface area contributed by atoms with Crippen molar-refractivity contribution in [1.29, 1.82) is 0 Å². The number of fused-ring (bicyclic) bond motifs is 1. The molecule has 2 nitrogen and oxygen atoms in total. The van der Waals surface area contributed by atoms with Gasteiger partial charge in [0.15, 0.2) is 5.78 Å². The predicted molar refractivity (Wildman–Crippen MR) is 99.9 cm³/mol. The maximum atomic E-state index is 13.4. The summed E-state index contributed by atoms with van der Waals surface area (Å²) in [6.45, 7) is 0. The first-order valence-electron chi connectivity index (χ1n) is 8.08. The second-order valence-electron chi connectivity index (χ2n) is 5.95. The van der Waals surface area contributed by atoms with Gasteiger partial charge in [-0.2, -0.15) is 24.5 Å². The van der Waals surface area contributed by atoms with E-state index in [2.05, 4.69) is 4.98 Å². The van der Waals surface area contributed by atoms with Crippen LogP contribution in [0, 0.1) is 0 Å². The second-order valence-corrected chi connectivity index (χ2v) is 6.73. The predicted octanol–water partition coefficient (Wildman–Crippen LogP) is 6.21. The molecule has 4 aromatic rings. The summed E-state index contributed by atoms with van der Waals surface area (Å²) in [6, 6.07) is 14.4. The molecule has 6 heteroatoms. The number of pyridine rings is 1. The van der Waals surface area contributed by atoms with Gasteiger partial charge in [-0.15, -0.1) is 0 Å². The van der Waals surface area contributed by atoms with Crippen molar-refractivity contribution in [3.05, 3.63) is 88.2 Å². The summed E-state index contributed by atoms with van der Waals surface area (Å²) < 4.78 is 40.2. The van der Waals surface area contributed by atoms with Gasteiger partial charge in [0, 0.05) is 28.3 Å². The summed E-state index contributed by atoms with van der Waals surface area (Å²) in [4.78, 5) is 17.1. The molecule has 0 aliphatic carbocycles. The summed E-state index contributed by atoms with van der Waals surface area (Å²) >= 11 is 1.42. The van der Waals surface area contributed by atoms with Crippen molar-refractivity contribution in [3.8, 4) is 11.1 Å². The summed E-state index contributed by atoms with van der Waals surface area (Å²) in [5.41, 5.74) is 0.951. The Morgan fingerprint density at radius 3 is 2.41 bits per heavy atom. The van der Waals surface area contributed by atoms with Gasteiger partial charge >= 0.3 is 6.18 Å². The minimum Gasteiger partial charge on any atom is -0.289 e. The minimum absolute atomic E-state index is 0.157. The number of rotatable bonds is 3. The second kappa shape index (κ2) is 6.63. The topological polar surface area (TPSA) is 30.0 Å². The van der Waals surface area contributed by atoms with Crippen molar-refractivity contribution in [2.75, 3.05) is 0 Å². The molecule has 0 bridgehead atoms. The van der Waals surface area contributed by atoms with Gasteiger partial charge < -0.3 is 0 Å². The fourth-order valence-electron chi connectivity index (χ4n) is 3.09. The van der Waals surface area contributed by atoms with Gasteiger partial charge in [-0.05, 0) is 28.5 Å². The third-order valence-corrected chi connectivity index (χ3v) is 4.98. The van der Waals surface area contributed by atoms with Gasteiger partial charge in [0.1, 0.15) is 0 Å². The van der Waals surface area contributed by atoms with E-state index in [1.807, 2.05) is 10.8 Å². The minimum atomic E-state index is -4.52. The number of aromatic nitrogens is 1. The number of halogens is 3. The van der Waals surface area contributed by atoms with Crippen molar-refractivity contribution in [3.63, 3.8) is 0 Å². The lowest BCUT2D eigenvalue weighted by molar-refractivity contribution is -0.136. The van der Waals surface area contributed by atoms with Crippen LogP contribution >= 0.6 is 11.3 Å². The van der Waals surface area contributed by atoms with E-state index >= 15 is 0 Å². The van der Waals surface area contributed by atoms with E-state index in [0.29, 0.717) is 22.1 Å². The van der Waals surface area contributed by atoms with Crippen LogP contribution < -0.4 is 0 Å². The van der Waals surface area contributed by atoms with Crippen molar-refractivity contribution in [2.24, 2.45) is 0 Å². The quantitative estimate of drug-likeness (QED) is 0.394. The van der Waals surface area contributed by atoms with Crippen LogP contribution in [0.1, 0.15) is 21.5 Å². The van der Waals surface area contributed by atoms with Crippen molar-refractivity contribution in [2.45, 2.75) is 6.18 Å². The zero-order valence-corrected chi connectivity index (χ0v) is 14.6. The molecule has 0 unspecified atom stereocenters. The highest BCUT2D eigenvalue weighted by atomic mass is 32.1. The van der Waals surface area contributed by atoms with Crippen LogP contribution in [0.5, 0.6) is 0 Å². The van der Waals surface area contributed by atoms with Gasteiger partial charge in [0.2, 0.25) is 0 Å². The average molecular weight is 383 g/mol. The molecule has 0 spiro atoms. The number of thiophene rings is 1. The Balaban J connectivity index is 2.04. The number of alkyl halides is 3. The molecule has 0 aliphatic heterocycles. The van der Waals surface area contributed by atoms with Gasteiger partial charge in [0.25, 0.3) is 0 Å². The molecule has 0 atom stereocenters. The molecule has 4 rings (SSSR count). The molecular weight excluding hydrogens is 371 g/mol. The van der Waals surface area contributed by atoms with E-state index < -0.39 is 11.7 Å². The molecule has 134 valence electrons. The summed E-state index contributed by atoms with van der Waals surface area (Å²) in [6.07, 6.45) is -3.27. The first kappa shape index (κ1) is 17.4. The van der Waals surface area contributed by atoms with Crippen LogP contribution in [-0.2, 0) is 6.18 Å². The normalized spacial score (nSPS) is 11.7. The molecule has 0 aliphatic rings. The Labute approximate surface area is 156 Å². The molecule has 2 heterocycles. The molecule has 0 fully saturated rings. The van der Waals surface area contributed by atoms with Gasteiger partial charge in [-0.25, -0.2) is 0 Å². The van der Waals surface area contributed by atoms with Crippen LogP contribution in [0.4, 0.5) is 13.2 Å². The number of hydrogen-bond acceptors (Lipinski definition) is 3. The van der Waals surface area contributed by atoms with E-state index in [-0.39, 0.29) is 16.9 Å². The first-order chi connectivity index (χ1) is 13.0. The molecule has 0 amide bonds. The Bertz CT molecular complexity index is 1120. The fraction of sp³-hybridized carbons (Fsp3) is 0.0476. The first-order valence-corrected chi connectivity index (χ1v) is 9.02. The van der Waals surface area contributed by atoms with E-state index in [1.54, 1.807) is 42.5 Å². The van der Waals surface area contributed by atoms with E-state index in [0.717, 1.165) is 6.07 Å². The molecule has 0 N–H and O–H groups in total. The monoisotopic (exact) mass is 383 g/mol. The van der Waals surface area contributed by atoms with Crippen LogP contribution in [0.3, 0.4) is 0 Å². The Kier molecular flexibility index (Phi) is 4.28. The van der Waals surface area contributed by atoms with E-state index in [4.69, 9.17) is 0 Å². The highest BCUT2D eigenvalue weighted by Crippen LogP contribution is 2.39. The molecule has 2 aromatic carbocycles. The average Bonchev–Trinajstić information content (AvgIpc) is 3.20. The molecule has 0 radical (unpaired) electrons. The maximum absolute atomic E-state index is 13.4. The standard InChI is InChI=1S/C21H12F3NOS/c22-21(23,24)17-8-4-7-15-18(14-9-10-27-12-14)16(11-25-19(15)17)20(26)13-5-2-1-3-6-13/h1-12H. The Hall–Kier alpha value is -2.99. The molecule has 0 saturated carbocycles. The zero-order valence-electron chi connectivity index (χ0n) is 13.8. The zero-order chi connectivity index (χ0) is 19.0. The molecular formula is C21H12F3NOS. The molecule has 0 saturated heterocycles. The highest BCUT2D eigenvalue weighted by Gasteiger charge is 2.34. The van der Waals surface area contributed by atoms with Crippen LogP contribution in [0.15, 0.2) is 71.6 Å². The largest absolute Gasteiger partial charge is 0.418 e. The van der Waals surface area contributed by atoms with Gasteiger partial charge in [0.05, 0.1) is 11.1 Å². The SMILES string of the molecule is O=C(c1ccccc1)c1cnc2c(C(F)(F)F)cccc2c1-c1ccsc1. The number of carbonyl (C=O) groups is 1. The summed E-state index contributed by atoms with van der Waals surface area (Å²) in [7, 11) is 0. The van der Waals surface area contributed by atoms with Crippen molar-refractivity contribution >= 4 is 28.0 Å². The Morgan fingerprint density at radius 1 is 0.963 bits per heavy atom. The lowest BCUT2D eigenvalue weighted by atomic mass is 9.92. The van der Waals surface area contributed by atoms with Crippen molar-refractivity contribution < 1.29 is 18.0 Å². The van der Waals surface area contributed by atoms with Crippen molar-refractivity contribution in [1.82, 2.24) is 4.98 Å². The lowest BCUT2D eigenvalue weighted by Gasteiger charge is -2.15. The third kappa shape index (κ3) is 3.13. The number of hydrogen-bond donors (Lipinski definition) is 0.